The van der Waals surface area contributed by atoms with Crippen LogP contribution < -0.4 is 10.1 Å². The predicted octanol–water partition coefficient (Wildman–Crippen LogP) is 1.98. The zero-order valence-electron chi connectivity index (χ0n) is 12.4. The molecule has 1 aliphatic rings. The standard InChI is InChI=1S/C14H14F2N4O3/c1-6-18-19-13-12(17-14(21)22)8(5-20(6)13)11-9(15)3-7(23-2)4-10(11)16/h3-4,8,12,17H,5H2,1-2H3,(H,21,22). The molecule has 1 amide bonds. The number of nitrogens with one attached hydrogen (secondary N) is 1. The van der Waals surface area contributed by atoms with E-state index in [1.54, 1.807) is 11.5 Å². The molecule has 2 atom stereocenters. The van der Waals surface area contributed by atoms with Crippen molar-refractivity contribution in [2.45, 2.75) is 25.4 Å². The number of aromatic nitrogens is 3. The molecule has 2 heterocycles. The molecule has 0 spiro atoms. The van der Waals surface area contributed by atoms with Gasteiger partial charge in [-0.25, -0.2) is 13.6 Å². The number of carbonyl (C=O) groups is 1. The van der Waals surface area contributed by atoms with E-state index in [9.17, 15) is 13.6 Å². The molecule has 1 aromatic heterocycles. The fraction of sp³-hybridized carbons (Fsp3) is 0.357. The minimum Gasteiger partial charge on any atom is -0.497 e. The van der Waals surface area contributed by atoms with E-state index in [-0.39, 0.29) is 17.9 Å². The molecule has 0 aliphatic carbocycles. The molecular weight excluding hydrogens is 310 g/mol. The smallest absolute Gasteiger partial charge is 0.405 e. The van der Waals surface area contributed by atoms with Crippen molar-refractivity contribution in [3.63, 3.8) is 0 Å². The van der Waals surface area contributed by atoms with Crippen molar-refractivity contribution in [1.82, 2.24) is 20.1 Å². The highest BCUT2D eigenvalue weighted by molar-refractivity contribution is 5.65. The van der Waals surface area contributed by atoms with Crippen LogP contribution in [-0.4, -0.2) is 33.1 Å². The van der Waals surface area contributed by atoms with E-state index in [1.165, 1.54) is 7.11 Å². The van der Waals surface area contributed by atoms with Crippen LogP contribution in [0, 0.1) is 18.6 Å². The van der Waals surface area contributed by atoms with E-state index in [4.69, 9.17) is 9.84 Å². The van der Waals surface area contributed by atoms with Crippen LogP contribution in [0.2, 0.25) is 0 Å². The molecular formula is C14H14F2N4O3. The SMILES string of the molecule is COc1cc(F)c(C2Cn3c(C)nnc3C2NC(=O)O)c(F)c1. The molecule has 9 heteroatoms. The van der Waals surface area contributed by atoms with Crippen LogP contribution in [-0.2, 0) is 6.54 Å². The third kappa shape index (κ3) is 2.47. The highest BCUT2D eigenvalue weighted by atomic mass is 19.1. The number of amides is 1. The number of carboxylic acid groups (broad SMARTS) is 1. The average Bonchev–Trinajstić information content (AvgIpc) is 3.00. The monoisotopic (exact) mass is 324 g/mol. The van der Waals surface area contributed by atoms with Crippen LogP contribution in [0.4, 0.5) is 13.6 Å². The number of benzene rings is 1. The van der Waals surface area contributed by atoms with E-state index in [0.29, 0.717) is 11.6 Å². The van der Waals surface area contributed by atoms with Gasteiger partial charge in [0.1, 0.15) is 29.3 Å². The summed E-state index contributed by atoms with van der Waals surface area (Å²) >= 11 is 0. The summed E-state index contributed by atoms with van der Waals surface area (Å²) in [5, 5.41) is 19.1. The highest BCUT2D eigenvalue weighted by Crippen LogP contribution is 2.41. The molecule has 2 aromatic rings. The van der Waals surface area contributed by atoms with Crippen molar-refractivity contribution >= 4 is 6.09 Å². The Morgan fingerprint density at radius 2 is 2.04 bits per heavy atom. The fourth-order valence-electron chi connectivity index (χ4n) is 2.92. The number of nitrogens with zero attached hydrogens (tertiary/aromatic N) is 3. The Balaban J connectivity index is 2.07. The first-order chi connectivity index (χ1) is 10.9. The zero-order chi connectivity index (χ0) is 16.7. The van der Waals surface area contributed by atoms with Crippen LogP contribution >= 0.6 is 0 Å². The maximum Gasteiger partial charge on any atom is 0.405 e. The van der Waals surface area contributed by atoms with Crippen molar-refractivity contribution in [3.8, 4) is 5.75 Å². The zero-order valence-corrected chi connectivity index (χ0v) is 12.4. The summed E-state index contributed by atoms with van der Waals surface area (Å²) in [6.07, 6.45) is -1.30. The van der Waals surface area contributed by atoms with Gasteiger partial charge in [-0.1, -0.05) is 0 Å². The number of ether oxygens (including phenoxy) is 1. The minimum atomic E-state index is -1.30. The average molecular weight is 324 g/mol. The van der Waals surface area contributed by atoms with Crippen molar-refractivity contribution < 1.29 is 23.4 Å². The Kier molecular flexibility index (Phi) is 3.63. The van der Waals surface area contributed by atoms with Gasteiger partial charge in [0.15, 0.2) is 5.82 Å². The second-order valence-corrected chi connectivity index (χ2v) is 5.25. The van der Waals surface area contributed by atoms with Crippen molar-refractivity contribution in [2.75, 3.05) is 7.11 Å². The Labute approximate surface area is 129 Å². The molecule has 0 radical (unpaired) electrons. The lowest BCUT2D eigenvalue weighted by atomic mass is 9.92. The van der Waals surface area contributed by atoms with E-state index in [0.717, 1.165) is 12.1 Å². The van der Waals surface area contributed by atoms with Gasteiger partial charge >= 0.3 is 6.09 Å². The summed E-state index contributed by atoms with van der Waals surface area (Å²) in [5.41, 5.74) is -0.200. The van der Waals surface area contributed by atoms with Crippen LogP contribution in [0.5, 0.6) is 5.75 Å². The van der Waals surface area contributed by atoms with Crippen molar-refractivity contribution in [3.05, 3.63) is 41.0 Å². The van der Waals surface area contributed by atoms with Gasteiger partial charge in [-0.05, 0) is 6.92 Å². The van der Waals surface area contributed by atoms with Gasteiger partial charge < -0.3 is 19.7 Å². The van der Waals surface area contributed by atoms with Crippen LogP contribution in [0.1, 0.15) is 29.2 Å². The second-order valence-electron chi connectivity index (χ2n) is 5.25. The van der Waals surface area contributed by atoms with Gasteiger partial charge in [0, 0.05) is 30.2 Å². The molecule has 2 unspecified atom stereocenters. The number of aryl methyl sites for hydroxylation is 1. The Morgan fingerprint density at radius 1 is 1.39 bits per heavy atom. The number of fused-ring (bicyclic) bond motifs is 1. The van der Waals surface area contributed by atoms with Crippen LogP contribution in [0.25, 0.3) is 0 Å². The van der Waals surface area contributed by atoms with Gasteiger partial charge in [0.25, 0.3) is 0 Å². The number of halogens is 2. The maximum absolute atomic E-state index is 14.4. The largest absolute Gasteiger partial charge is 0.497 e. The van der Waals surface area contributed by atoms with Gasteiger partial charge in [0.2, 0.25) is 0 Å². The summed E-state index contributed by atoms with van der Waals surface area (Å²) in [4.78, 5) is 11.0. The fourth-order valence-corrected chi connectivity index (χ4v) is 2.92. The van der Waals surface area contributed by atoms with E-state index < -0.39 is 29.7 Å². The maximum atomic E-state index is 14.4. The summed E-state index contributed by atoms with van der Waals surface area (Å²) in [6.45, 7) is 1.87. The van der Waals surface area contributed by atoms with Crippen LogP contribution in [0.3, 0.4) is 0 Å². The molecule has 0 fully saturated rings. The Hall–Kier alpha value is -2.71. The third-order valence-electron chi connectivity index (χ3n) is 3.96. The lowest BCUT2D eigenvalue weighted by Crippen LogP contribution is -2.30. The lowest BCUT2D eigenvalue weighted by molar-refractivity contribution is 0.188. The summed E-state index contributed by atoms with van der Waals surface area (Å²) in [5.74, 6) is -1.40. The minimum absolute atomic E-state index is 0.0556. The number of hydrogen-bond acceptors (Lipinski definition) is 4. The van der Waals surface area contributed by atoms with Crippen LogP contribution in [0.15, 0.2) is 12.1 Å². The predicted molar refractivity (Wildman–Crippen MR) is 74.3 cm³/mol. The number of hydrogen-bond donors (Lipinski definition) is 2. The normalized spacial score (nSPS) is 19.5. The van der Waals surface area contributed by atoms with E-state index in [1.807, 2.05) is 0 Å². The van der Waals surface area contributed by atoms with Gasteiger partial charge in [-0.3, -0.25) is 0 Å². The van der Waals surface area contributed by atoms with E-state index >= 15 is 0 Å². The topological polar surface area (TPSA) is 89.3 Å². The van der Waals surface area contributed by atoms with Crippen molar-refractivity contribution in [1.29, 1.82) is 0 Å². The van der Waals surface area contributed by atoms with Gasteiger partial charge in [0.05, 0.1) is 7.11 Å². The first-order valence-electron chi connectivity index (χ1n) is 6.84. The molecule has 122 valence electrons. The Morgan fingerprint density at radius 3 is 2.61 bits per heavy atom. The molecule has 2 N–H and O–H groups in total. The van der Waals surface area contributed by atoms with Gasteiger partial charge in [-0.15, -0.1) is 10.2 Å². The first kappa shape index (κ1) is 15.2. The first-order valence-corrected chi connectivity index (χ1v) is 6.84. The number of rotatable bonds is 3. The molecule has 23 heavy (non-hydrogen) atoms. The molecule has 7 nitrogen and oxygen atoms in total. The van der Waals surface area contributed by atoms with Gasteiger partial charge in [-0.2, -0.15) is 0 Å². The number of methoxy groups -OCH3 is 1. The molecule has 0 saturated carbocycles. The lowest BCUT2D eigenvalue weighted by Gasteiger charge is -2.20. The van der Waals surface area contributed by atoms with Crippen molar-refractivity contribution in [2.24, 2.45) is 0 Å². The second kappa shape index (κ2) is 5.49. The highest BCUT2D eigenvalue weighted by Gasteiger charge is 2.40. The molecule has 3 rings (SSSR count). The molecule has 0 bridgehead atoms. The Bertz CT molecular complexity index is 754. The summed E-state index contributed by atoms with van der Waals surface area (Å²) < 4.78 is 35.2. The quantitative estimate of drug-likeness (QED) is 0.901. The van der Waals surface area contributed by atoms with E-state index in [2.05, 4.69) is 15.5 Å². The molecule has 1 aromatic carbocycles. The third-order valence-corrected chi connectivity index (χ3v) is 3.96. The summed E-state index contributed by atoms with van der Waals surface area (Å²) in [6, 6.07) is 1.26. The molecule has 0 saturated heterocycles. The molecule has 1 aliphatic heterocycles. The summed E-state index contributed by atoms with van der Waals surface area (Å²) in [7, 11) is 1.31.